The van der Waals surface area contributed by atoms with E-state index in [1.54, 1.807) is 20.2 Å². The van der Waals surface area contributed by atoms with Gasteiger partial charge in [0.1, 0.15) is 11.7 Å². The van der Waals surface area contributed by atoms with E-state index in [2.05, 4.69) is 31.3 Å². The second-order valence-corrected chi connectivity index (χ2v) is 6.32. The lowest BCUT2D eigenvalue weighted by molar-refractivity contribution is -0.148. The van der Waals surface area contributed by atoms with E-state index in [0.29, 0.717) is 16.7 Å². The van der Waals surface area contributed by atoms with Gasteiger partial charge < -0.3 is 9.80 Å². The number of nitrogens with one attached hydrogen (secondary N) is 1. The van der Waals surface area contributed by atoms with Crippen molar-refractivity contribution in [3.8, 4) is 0 Å². The van der Waals surface area contributed by atoms with Crippen LogP contribution in [0.15, 0.2) is 40.6 Å². The van der Waals surface area contributed by atoms with Crippen molar-refractivity contribution in [1.82, 2.24) is 25.2 Å². The standard InChI is InChI=1S/C16H16BrN5O2/c1-21-12(8-10-6-4-3-5-7-10)15(23)22(2)13(16(21)24)9-11-14(17)19-20-18-11/h3-7,9,12H,8H2,1-2H3,(H,18,19,20)/b13-9+. The van der Waals surface area contributed by atoms with Gasteiger partial charge in [0.05, 0.1) is 5.69 Å². The largest absolute Gasteiger partial charge is 0.328 e. The van der Waals surface area contributed by atoms with Gasteiger partial charge in [-0.3, -0.25) is 14.7 Å². The molecule has 1 aromatic heterocycles. The summed E-state index contributed by atoms with van der Waals surface area (Å²) in [6.07, 6.45) is 2.05. The van der Waals surface area contributed by atoms with Crippen LogP contribution in [-0.2, 0) is 16.0 Å². The fourth-order valence-corrected chi connectivity index (χ4v) is 2.93. The molecule has 1 aliphatic rings. The number of aromatic amines is 1. The molecule has 1 unspecified atom stereocenters. The van der Waals surface area contributed by atoms with E-state index < -0.39 is 6.04 Å². The van der Waals surface area contributed by atoms with Gasteiger partial charge in [0.25, 0.3) is 5.91 Å². The molecular formula is C16H16BrN5O2. The molecule has 0 spiro atoms. The van der Waals surface area contributed by atoms with Crippen molar-refractivity contribution in [2.24, 2.45) is 0 Å². The van der Waals surface area contributed by atoms with Gasteiger partial charge in [0, 0.05) is 20.5 Å². The number of benzene rings is 1. The maximum Gasteiger partial charge on any atom is 0.271 e. The molecule has 124 valence electrons. The number of hydrogen-bond donors (Lipinski definition) is 1. The van der Waals surface area contributed by atoms with Gasteiger partial charge >= 0.3 is 0 Å². The lowest BCUT2D eigenvalue weighted by atomic mass is 10.0. The Balaban J connectivity index is 1.89. The number of rotatable bonds is 3. The van der Waals surface area contributed by atoms with Gasteiger partial charge in [-0.15, -0.1) is 5.10 Å². The molecule has 2 aromatic rings. The van der Waals surface area contributed by atoms with Crippen LogP contribution in [0.4, 0.5) is 0 Å². The van der Waals surface area contributed by atoms with Crippen molar-refractivity contribution in [3.05, 3.63) is 51.9 Å². The quantitative estimate of drug-likeness (QED) is 0.805. The number of hydrogen-bond acceptors (Lipinski definition) is 4. The Labute approximate surface area is 147 Å². The molecule has 1 aliphatic heterocycles. The third-order valence-corrected chi connectivity index (χ3v) is 4.65. The van der Waals surface area contributed by atoms with Crippen LogP contribution in [0.2, 0.25) is 0 Å². The molecule has 2 heterocycles. The minimum absolute atomic E-state index is 0.129. The summed E-state index contributed by atoms with van der Waals surface area (Å²) in [4.78, 5) is 28.3. The fourth-order valence-electron chi connectivity index (χ4n) is 2.65. The summed E-state index contributed by atoms with van der Waals surface area (Å²) in [6, 6.07) is 9.13. The molecule has 1 atom stereocenters. The third-order valence-electron chi connectivity index (χ3n) is 4.07. The summed E-state index contributed by atoms with van der Waals surface area (Å²) in [5.41, 5.74) is 1.82. The van der Waals surface area contributed by atoms with E-state index >= 15 is 0 Å². The molecule has 8 heteroatoms. The first kappa shape index (κ1) is 16.4. The Kier molecular flexibility index (Phi) is 4.48. The molecule has 2 amide bonds. The first-order valence-corrected chi connectivity index (χ1v) is 8.15. The Morgan fingerprint density at radius 2 is 1.96 bits per heavy atom. The second kappa shape index (κ2) is 6.56. The van der Waals surface area contributed by atoms with Gasteiger partial charge in [-0.2, -0.15) is 0 Å². The van der Waals surface area contributed by atoms with Crippen molar-refractivity contribution < 1.29 is 9.59 Å². The number of nitrogens with zero attached hydrogens (tertiary/aromatic N) is 4. The Morgan fingerprint density at radius 1 is 1.25 bits per heavy atom. The van der Waals surface area contributed by atoms with Crippen LogP contribution in [0.5, 0.6) is 0 Å². The maximum absolute atomic E-state index is 12.7. The first-order chi connectivity index (χ1) is 11.5. The SMILES string of the molecule is CN1C(=O)C(Cc2ccccc2)N(C)C(=O)/C1=C\c1[nH]nnc1Br. The van der Waals surface area contributed by atoms with E-state index in [-0.39, 0.29) is 17.5 Å². The summed E-state index contributed by atoms with van der Waals surface area (Å²) in [5, 5.41) is 10.1. The normalized spacial score (nSPS) is 20.1. The maximum atomic E-state index is 12.7. The van der Waals surface area contributed by atoms with Crippen molar-refractivity contribution in [1.29, 1.82) is 0 Å². The highest BCUT2D eigenvalue weighted by Gasteiger charge is 2.39. The number of aromatic nitrogens is 3. The van der Waals surface area contributed by atoms with Gasteiger partial charge in [0.2, 0.25) is 5.91 Å². The zero-order chi connectivity index (χ0) is 17.3. The minimum atomic E-state index is -0.523. The number of likely N-dealkylation sites (N-methyl/N-ethyl adjacent to an activating group) is 2. The van der Waals surface area contributed by atoms with Crippen molar-refractivity contribution in [2.45, 2.75) is 12.5 Å². The smallest absolute Gasteiger partial charge is 0.271 e. The molecule has 24 heavy (non-hydrogen) atoms. The molecule has 1 saturated heterocycles. The van der Waals surface area contributed by atoms with Crippen molar-refractivity contribution in [3.63, 3.8) is 0 Å². The van der Waals surface area contributed by atoms with E-state index in [4.69, 9.17) is 0 Å². The molecule has 0 saturated carbocycles. The monoisotopic (exact) mass is 389 g/mol. The van der Waals surface area contributed by atoms with Crippen molar-refractivity contribution >= 4 is 33.8 Å². The minimum Gasteiger partial charge on any atom is -0.328 e. The summed E-state index contributed by atoms with van der Waals surface area (Å²) < 4.78 is 0.484. The third kappa shape index (κ3) is 2.96. The fraction of sp³-hybridized carbons (Fsp3) is 0.250. The predicted octanol–water partition coefficient (Wildman–Crippen LogP) is 1.45. The molecular weight excluding hydrogens is 374 g/mol. The predicted molar refractivity (Wildman–Crippen MR) is 91.5 cm³/mol. The Hall–Kier alpha value is -2.48. The van der Waals surface area contributed by atoms with E-state index in [1.807, 2.05) is 30.3 Å². The second-order valence-electron chi connectivity index (χ2n) is 5.56. The van der Waals surface area contributed by atoms with E-state index in [0.717, 1.165) is 5.56 Å². The number of halogens is 1. The van der Waals surface area contributed by atoms with Gasteiger partial charge in [0.15, 0.2) is 4.60 Å². The van der Waals surface area contributed by atoms with E-state index in [1.165, 1.54) is 9.80 Å². The number of amides is 2. The number of H-pyrrole nitrogens is 1. The topological polar surface area (TPSA) is 82.2 Å². The average molecular weight is 390 g/mol. The molecule has 0 aliphatic carbocycles. The number of piperazine rings is 1. The Morgan fingerprint density at radius 3 is 2.58 bits per heavy atom. The molecule has 0 bridgehead atoms. The summed E-state index contributed by atoms with van der Waals surface area (Å²) in [5.74, 6) is -0.352. The summed E-state index contributed by atoms with van der Waals surface area (Å²) in [6.45, 7) is 0. The van der Waals surface area contributed by atoms with Crippen LogP contribution in [0.3, 0.4) is 0 Å². The lowest BCUT2D eigenvalue weighted by Gasteiger charge is -2.38. The van der Waals surface area contributed by atoms with Gasteiger partial charge in [-0.1, -0.05) is 35.5 Å². The molecule has 1 fully saturated rings. The molecule has 1 aromatic carbocycles. The lowest BCUT2D eigenvalue weighted by Crippen LogP contribution is -2.56. The van der Waals surface area contributed by atoms with Crippen LogP contribution < -0.4 is 0 Å². The highest BCUT2D eigenvalue weighted by molar-refractivity contribution is 9.10. The zero-order valence-electron chi connectivity index (χ0n) is 13.2. The first-order valence-electron chi connectivity index (χ1n) is 7.36. The average Bonchev–Trinajstić information content (AvgIpc) is 2.99. The molecule has 3 rings (SSSR count). The van der Waals surface area contributed by atoms with E-state index in [9.17, 15) is 9.59 Å². The molecule has 1 N–H and O–H groups in total. The molecule has 0 radical (unpaired) electrons. The van der Waals surface area contributed by atoms with Crippen molar-refractivity contribution in [2.75, 3.05) is 14.1 Å². The van der Waals surface area contributed by atoms with Crippen LogP contribution in [0.1, 0.15) is 11.3 Å². The highest BCUT2D eigenvalue weighted by atomic mass is 79.9. The summed E-state index contributed by atoms with van der Waals surface area (Å²) in [7, 11) is 3.25. The molecule has 7 nitrogen and oxygen atoms in total. The number of carbonyl (C=O) groups is 2. The van der Waals surface area contributed by atoms with Crippen LogP contribution in [-0.4, -0.2) is 57.2 Å². The van der Waals surface area contributed by atoms with Crippen LogP contribution >= 0.6 is 15.9 Å². The number of carbonyl (C=O) groups excluding carboxylic acids is 2. The Bertz CT molecular complexity index is 802. The zero-order valence-corrected chi connectivity index (χ0v) is 14.8. The van der Waals surface area contributed by atoms with Gasteiger partial charge in [-0.05, 0) is 27.6 Å². The highest BCUT2D eigenvalue weighted by Crippen LogP contribution is 2.24. The van der Waals surface area contributed by atoms with Gasteiger partial charge in [-0.25, -0.2) is 0 Å². The summed E-state index contributed by atoms with van der Waals surface area (Å²) >= 11 is 3.24. The van der Waals surface area contributed by atoms with Crippen LogP contribution in [0, 0.1) is 0 Å². The van der Waals surface area contributed by atoms with Crippen LogP contribution in [0.25, 0.3) is 6.08 Å².